The molecule has 2 aliphatic heterocycles. The maximum Gasteiger partial charge on any atom is 0.233 e. The van der Waals surface area contributed by atoms with E-state index in [2.05, 4.69) is 32.0 Å². The van der Waals surface area contributed by atoms with Crippen molar-refractivity contribution in [2.45, 2.75) is 58.0 Å². The first-order valence-corrected chi connectivity index (χ1v) is 9.53. The van der Waals surface area contributed by atoms with Gasteiger partial charge in [-0.3, -0.25) is 14.9 Å². The zero-order chi connectivity index (χ0) is 20.3. The zero-order valence-corrected chi connectivity index (χ0v) is 16.7. The number of benzene rings is 1. The highest BCUT2D eigenvalue weighted by Crippen LogP contribution is 2.23. The van der Waals surface area contributed by atoms with Gasteiger partial charge in [-0.05, 0) is 45.4 Å². The molecule has 2 aliphatic rings. The molecule has 0 aromatic heterocycles. The SMILES string of the molecule is CC1ONCC1C(=O)NC(=NC1CC(c2ccc(F)cc2)NN1)NC(C)(C)C. The summed E-state index contributed by atoms with van der Waals surface area (Å²) >= 11 is 0. The summed E-state index contributed by atoms with van der Waals surface area (Å²) in [6.45, 7) is 8.32. The van der Waals surface area contributed by atoms with E-state index in [0.717, 1.165) is 5.56 Å². The second kappa shape index (κ2) is 8.52. The molecule has 1 aromatic rings. The van der Waals surface area contributed by atoms with Crippen LogP contribution in [0.3, 0.4) is 0 Å². The number of nitrogens with zero attached hydrogens (tertiary/aromatic N) is 1. The van der Waals surface area contributed by atoms with Crippen molar-refractivity contribution in [2.24, 2.45) is 10.9 Å². The van der Waals surface area contributed by atoms with E-state index >= 15 is 0 Å². The molecule has 1 aromatic carbocycles. The van der Waals surface area contributed by atoms with Gasteiger partial charge in [0, 0.05) is 24.5 Å². The van der Waals surface area contributed by atoms with E-state index in [-0.39, 0.29) is 41.5 Å². The number of carbonyl (C=O) groups is 1. The molecular weight excluding hydrogens is 363 g/mol. The highest BCUT2D eigenvalue weighted by molar-refractivity contribution is 5.98. The molecule has 0 bridgehead atoms. The van der Waals surface area contributed by atoms with Gasteiger partial charge in [0.25, 0.3) is 0 Å². The molecule has 9 heteroatoms. The lowest BCUT2D eigenvalue weighted by atomic mass is 10.0. The third-order valence-corrected chi connectivity index (χ3v) is 4.65. The van der Waals surface area contributed by atoms with Crippen LogP contribution in [0.2, 0.25) is 0 Å². The van der Waals surface area contributed by atoms with E-state index in [1.807, 2.05) is 27.7 Å². The summed E-state index contributed by atoms with van der Waals surface area (Å²) in [6, 6.07) is 6.41. The van der Waals surface area contributed by atoms with E-state index in [9.17, 15) is 9.18 Å². The van der Waals surface area contributed by atoms with Crippen LogP contribution in [0.15, 0.2) is 29.3 Å². The number of hydroxylamine groups is 1. The average Bonchev–Trinajstić information content (AvgIpc) is 3.23. The normalized spacial score (nSPS) is 28.4. The molecule has 1 amide bonds. The Hall–Kier alpha value is -2.07. The Morgan fingerprint density at radius 1 is 1.25 bits per heavy atom. The van der Waals surface area contributed by atoms with Crippen molar-refractivity contribution in [1.82, 2.24) is 27.0 Å². The highest BCUT2D eigenvalue weighted by Gasteiger charge is 2.33. The first-order chi connectivity index (χ1) is 13.2. The Morgan fingerprint density at radius 3 is 2.57 bits per heavy atom. The lowest BCUT2D eigenvalue weighted by molar-refractivity contribution is -0.124. The molecule has 4 atom stereocenters. The molecule has 2 heterocycles. The van der Waals surface area contributed by atoms with Gasteiger partial charge in [-0.2, -0.15) is 0 Å². The van der Waals surface area contributed by atoms with Gasteiger partial charge in [0.2, 0.25) is 5.91 Å². The molecule has 0 aliphatic carbocycles. The summed E-state index contributed by atoms with van der Waals surface area (Å²) in [6.07, 6.45) is 0.224. The Balaban J connectivity index is 1.68. The standard InChI is InChI=1S/C19H29FN6O2/c1-11-14(10-21-28-11)17(27)23-18(24-19(2,3)4)22-16-9-15(25-26-16)12-5-7-13(20)8-6-12/h5-8,11,14-16,21,25-26H,9-10H2,1-4H3,(H2,22,23,24,27). The van der Waals surface area contributed by atoms with Crippen molar-refractivity contribution in [3.63, 3.8) is 0 Å². The number of hydrazine groups is 1. The Kier molecular flexibility index (Phi) is 6.29. The number of amides is 1. The van der Waals surface area contributed by atoms with Crippen LogP contribution in [0.5, 0.6) is 0 Å². The minimum absolute atomic E-state index is 0.00777. The smallest absolute Gasteiger partial charge is 0.233 e. The first-order valence-electron chi connectivity index (χ1n) is 9.53. The number of carbonyl (C=O) groups excluding carboxylic acids is 1. The number of nitrogens with one attached hydrogen (secondary N) is 5. The summed E-state index contributed by atoms with van der Waals surface area (Å²) in [5.41, 5.74) is 9.76. The first kappa shape index (κ1) is 20.7. The summed E-state index contributed by atoms with van der Waals surface area (Å²) < 4.78 is 13.1. The van der Waals surface area contributed by atoms with Crippen molar-refractivity contribution < 1.29 is 14.0 Å². The van der Waals surface area contributed by atoms with Gasteiger partial charge in [-0.15, -0.1) is 0 Å². The van der Waals surface area contributed by atoms with Crippen molar-refractivity contribution in [3.8, 4) is 0 Å². The van der Waals surface area contributed by atoms with Gasteiger partial charge in [-0.25, -0.2) is 25.7 Å². The van der Waals surface area contributed by atoms with Crippen molar-refractivity contribution in [1.29, 1.82) is 0 Å². The summed E-state index contributed by atoms with van der Waals surface area (Å²) in [5.74, 6) is -0.276. The van der Waals surface area contributed by atoms with Gasteiger partial charge in [0.1, 0.15) is 12.0 Å². The third-order valence-electron chi connectivity index (χ3n) is 4.65. The van der Waals surface area contributed by atoms with Crippen LogP contribution in [0.25, 0.3) is 0 Å². The number of halogens is 1. The number of aliphatic imine (C=N–C) groups is 1. The van der Waals surface area contributed by atoms with Gasteiger partial charge < -0.3 is 5.32 Å². The number of rotatable bonds is 3. The minimum atomic E-state index is -0.284. The monoisotopic (exact) mass is 392 g/mol. The molecule has 8 nitrogen and oxygen atoms in total. The van der Waals surface area contributed by atoms with Crippen LogP contribution in [-0.4, -0.2) is 36.2 Å². The quantitative estimate of drug-likeness (QED) is 0.390. The van der Waals surface area contributed by atoms with Gasteiger partial charge >= 0.3 is 0 Å². The molecule has 3 rings (SSSR count). The van der Waals surface area contributed by atoms with E-state index in [1.54, 1.807) is 12.1 Å². The second-order valence-electron chi connectivity index (χ2n) is 8.26. The van der Waals surface area contributed by atoms with Crippen LogP contribution < -0.4 is 27.0 Å². The van der Waals surface area contributed by atoms with Crippen LogP contribution in [0.1, 0.15) is 45.7 Å². The summed E-state index contributed by atoms with van der Waals surface area (Å²) in [7, 11) is 0. The van der Waals surface area contributed by atoms with E-state index < -0.39 is 0 Å². The molecular formula is C19H29FN6O2. The zero-order valence-electron chi connectivity index (χ0n) is 16.7. The second-order valence-corrected chi connectivity index (χ2v) is 8.26. The molecule has 0 radical (unpaired) electrons. The van der Waals surface area contributed by atoms with E-state index in [4.69, 9.17) is 4.84 Å². The van der Waals surface area contributed by atoms with Gasteiger partial charge in [0.15, 0.2) is 5.96 Å². The van der Waals surface area contributed by atoms with Crippen molar-refractivity contribution >= 4 is 11.9 Å². The molecule has 0 saturated carbocycles. The van der Waals surface area contributed by atoms with Crippen LogP contribution in [-0.2, 0) is 9.63 Å². The highest BCUT2D eigenvalue weighted by atomic mass is 19.1. The molecule has 28 heavy (non-hydrogen) atoms. The number of hydrogen-bond donors (Lipinski definition) is 5. The topological polar surface area (TPSA) is 98.8 Å². The Morgan fingerprint density at radius 2 is 1.96 bits per heavy atom. The molecule has 2 fully saturated rings. The number of guanidine groups is 1. The fourth-order valence-corrected chi connectivity index (χ4v) is 3.18. The molecule has 5 N–H and O–H groups in total. The van der Waals surface area contributed by atoms with Crippen LogP contribution in [0, 0.1) is 11.7 Å². The summed E-state index contributed by atoms with van der Waals surface area (Å²) in [5, 5.41) is 6.15. The third kappa shape index (κ3) is 5.48. The van der Waals surface area contributed by atoms with Crippen molar-refractivity contribution in [3.05, 3.63) is 35.6 Å². The summed E-state index contributed by atoms with van der Waals surface area (Å²) in [4.78, 5) is 22.5. The molecule has 4 unspecified atom stereocenters. The molecule has 2 saturated heterocycles. The molecule has 0 spiro atoms. The largest absolute Gasteiger partial charge is 0.351 e. The predicted octanol–water partition coefficient (Wildman–Crippen LogP) is 1.09. The molecule has 154 valence electrons. The Labute approximate surface area is 164 Å². The minimum Gasteiger partial charge on any atom is -0.351 e. The maximum atomic E-state index is 13.1. The lowest BCUT2D eigenvalue weighted by Gasteiger charge is -2.25. The lowest BCUT2D eigenvalue weighted by Crippen LogP contribution is -2.52. The van der Waals surface area contributed by atoms with Gasteiger partial charge in [-0.1, -0.05) is 12.1 Å². The fourth-order valence-electron chi connectivity index (χ4n) is 3.18. The maximum absolute atomic E-state index is 13.1. The average molecular weight is 392 g/mol. The van der Waals surface area contributed by atoms with Crippen molar-refractivity contribution in [2.75, 3.05) is 6.54 Å². The Bertz CT molecular complexity index is 718. The van der Waals surface area contributed by atoms with Gasteiger partial charge in [0.05, 0.1) is 12.0 Å². The predicted molar refractivity (Wildman–Crippen MR) is 104 cm³/mol. The van der Waals surface area contributed by atoms with E-state index in [0.29, 0.717) is 18.9 Å². The fraction of sp³-hybridized carbons (Fsp3) is 0.579. The van der Waals surface area contributed by atoms with Crippen LogP contribution >= 0.6 is 0 Å². The number of hydrogen-bond acceptors (Lipinski definition) is 6. The van der Waals surface area contributed by atoms with Crippen LogP contribution in [0.4, 0.5) is 4.39 Å². The van der Waals surface area contributed by atoms with E-state index in [1.165, 1.54) is 12.1 Å².